The van der Waals surface area contributed by atoms with Crippen LogP contribution in [0.25, 0.3) is 0 Å². The van der Waals surface area contributed by atoms with Gasteiger partial charge >= 0.3 is 0 Å². The molecule has 44 heavy (non-hydrogen) atoms. The summed E-state index contributed by atoms with van der Waals surface area (Å²) in [5, 5.41) is 5.52. The van der Waals surface area contributed by atoms with Crippen LogP contribution < -0.4 is 10.6 Å². The summed E-state index contributed by atoms with van der Waals surface area (Å²) in [4.78, 5) is 77.1. The molecule has 2 aliphatic heterocycles. The fraction of sp³-hybridized carbons (Fsp3) is 0.267. The molecule has 2 saturated heterocycles. The minimum atomic E-state index is -0.407. The quantitative estimate of drug-likeness (QED) is 0.178. The molecular weight excluding hydrogens is 641 g/mol. The van der Waals surface area contributed by atoms with Gasteiger partial charge in [-0.1, -0.05) is 48.0 Å². The smallest absolute Gasteiger partial charge is 0.267 e. The highest BCUT2D eigenvalue weighted by Crippen LogP contribution is 2.42. The lowest BCUT2D eigenvalue weighted by Gasteiger charge is -2.14. The highest BCUT2D eigenvalue weighted by atomic mass is 32.2. The van der Waals surface area contributed by atoms with Gasteiger partial charge < -0.3 is 10.6 Å². The number of carbonyl (C=O) groups excluding carboxylic acids is 6. The molecule has 14 heteroatoms. The molecule has 0 saturated carbocycles. The second kappa shape index (κ2) is 14.8. The van der Waals surface area contributed by atoms with Crippen molar-refractivity contribution in [3.63, 3.8) is 0 Å². The number of amides is 4. The van der Waals surface area contributed by atoms with Gasteiger partial charge in [0.2, 0.25) is 11.8 Å². The lowest BCUT2D eigenvalue weighted by molar-refractivity contribution is -0.124. The van der Waals surface area contributed by atoms with Crippen molar-refractivity contribution in [3.05, 3.63) is 69.5 Å². The first kappa shape index (κ1) is 33.2. The average Bonchev–Trinajstić information content (AvgIpc) is 3.42. The molecule has 0 spiro atoms. The van der Waals surface area contributed by atoms with E-state index >= 15 is 0 Å². The maximum absolute atomic E-state index is 13.2. The molecular formula is C30H28N4O6S4. The summed E-state index contributed by atoms with van der Waals surface area (Å²) in [5.74, 6) is -1.43. The number of Topliss-reactive ketones (excluding diaryl/α,β-unsaturated/α-hetero) is 2. The third-order valence-corrected chi connectivity index (χ3v) is 9.65. The third kappa shape index (κ3) is 8.25. The van der Waals surface area contributed by atoms with E-state index in [9.17, 15) is 28.8 Å². The maximum atomic E-state index is 13.2. The lowest BCUT2D eigenvalue weighted by Crippen LogP contribution is -2.31. The first-order chi connectivity index (χ1) is 20.9. The van der Waals surface area contributed by atoms with Gasteiger partial charge in [-0.2, -0.15) is 0 Å². The fourth-order valence-corrected chi connectivity index (χ4v) is 7.05. The first-order valence-corrected chi connectivity index (χ1v) is 16.0. The zero-order valence-corrected chi connectivity index (χ0v) is 27.1. The predicted octanol–water partition coefficient (Wildman–Crippen LogP) is 5.16. The Morgan fingerprint density at radius 2 is 0.977 bits per heavy atom. The monoisotopic (exact) mass is 668 g/mol. The molecule has 0 radical (unpaired) electrons. The number of thiocarbonyl (C=S) groups is 2. The number of thioether (sulfide) groups is 2. The summed E-state index contributed by atoms with van der Waals surface area (Å²) < 4.78 is 0.590. The minimum Gasteiger partial charge on any atom is -0.326 e. The third-order valence-electron chi connectivity index (χ3n) is 6.63. The van der Waals surface area contributed by atoms with Crippen LogP contribution in [0.4, 0.5) is 11.4 Å². The molecule has 2 fully saturated rings. The van der Waals surface area contributed by atoms with E-state index in [2.05, 4.69) is 10.6 Å². The Kier molecular flexibility index (Phi) is 11.2. The minimum absolute atomic E-state index is 0.0654. The molecule has 2 aliphatic rings. The normalized spacial score (nSPS) is 16.5. The average molecular weight is 669 g/mol. The molecule has 0 aliphatic carbocycles. The van der Waals surface area contributed by atoms with Crippen LogP contribution in [0.5, 0.6) is 0 Å². The number of anilines is 2. The summed E-state index contributed by atoms with van der Waals surface area (Å²) in [6.07, 6.45) is 0.975. The molecule has 4 rings (SSSR count). The number of nitrogens with one attached hydrogen (secondary N) is 2. The number of carbonyl (C=O) groups is 6. The van der Waals surface area contributed by atoms with Crippen molar-refractivity contribution in [3.8, 4) is 0 Å². The molecule has 2 aromatic carbocycles. The number of nitrogens with zero attached hydrogens (tertiary/aromatic N) is 2. The lowest BCUT2D eigenvalue weighted by atomic mass is 10.1. The van der Waals surface area contributed by atoms with Crippen molar-refractivity contribution in [2.45, 2.75) is 39.5 Å². The van der Waals surface area contributed by atoms with Gasteiger partial charge in [-0.25, -0.2) is 0 Å². The van der Waals surface area contributed by atoms with E-state index in [1.807, 2.05) is 0 Å². The molecule has 2 heterocycles. The van der Waals surface area contributed by atoms with E-state index in [1.54, 1.807) is 48.5 Å². The van der Waals surface area contributed by atoms with Crippen molar-refractivity contribution in [2.24, 2.45) is 0 Å². The van der Waals surface area contributed by atoms with Crippen molar-refractivity contribution in [1.29, 1.82) is 0 Å². The van der Waals surface area contributed by atoms with E-state index in [-0.39, 0.29) is 59.1 Å². The Labute approximate surface area is 273 Å². The van der Waals surface area contributed by atoms with Gasteiger partial charge in [0.1, 0.15) is 8.64 Å². The van der Waals surface area contributed by atoms with Gasteiger partial charge in [-0.05, 0) is 75.2 Å². The van der Waals surface area contributed by atoms with Crippen LogP contribution in [-0.2, 0) is 19.2 Å². The Balaban J connectivity index is 1.25. The molecule has 4 amide bonds. The predicted molar refractivity (Wildman–Crippen MR) is 179 cm³/mol. The van der Waals surface area contributed by atoms with Crippen molar-refractivity contribution < 1.29 is 28.8 Å². The second-order valence-corrected chi connectivity index (χ2v) is 13.2. The number of hydrogen-bond acceptors (Lipinski definition) is 10. The van der Waals surface area contributed by atoms with Crippen LogP contribution >= 0.6 is 48.0 Å². The number of ketones is 2. The Morgan fingerprint density at radius 3 is 1.30 bits per heavy atom. The van der Waals surface area contributed by atoms with Gasteiger partial charge in [0.15, 0.2) is 11.6 Å². The van der Waals surface area contributed by atoms with Crippen molar-refractivity contribution in [2.75, 3.05) is 23.7 Å². The first-order valence-electron chi connectivity index (χ1n) is 13.6. The Bertz CT molecular complexity index is 1470. The number of rotatable bonds is 12. The largest absolute Gasteiger partial charge is 0.326 e. The molecule has 10 nitrogen and oxygen atoms in total. The summed E-state index contributed by atoms with van der Waals surface area (Å²) in [7, 11) is 0. The second-order valence-electron chi connectivity index (χ2n) is 9.88. The van der Waals surface area contributed by atoms with Crippen molar-refractivity contribution in [1.82, 2.24) is 9.80 Å². The molecule has 2 N–H and O–H groups in total. The fourth-order valence-electron chi connectivity index (χ4n) is 4.27. The Hall–Kier alpha value is -3.72. The number of hydrogen-bond donors (Lipinski definition) is 2. The van der Waals surface area contributed by atoms with E-state index in [0.717, 1.165) is 23.5 Å². The molecule has 0 aromatic heterocycles. The SMILES string of the molecule is CC(=O)c1ccc(NC(=O)CCCN2C(=O)C(=C3SC(=S)N(CCCC(=O)Nc4ccc(C(C)=O)cc4)C3=O)SC2=S)cc1. The van der Waals surface area contributed by atoms with E-state index < -0.39 is 11.8 Å². The van der Waals surface area contributed by atoms with Crippen LogP contribution in [0.1, 0.15) is 60.2 Å². The number of benzene rings is 2. The zero-order chi connectivity index (χ0) is 32.0. The van der Waals surface area contributed by atoms with E-state index in [4.69, 9.17) is 24.4 Å². The summed E-state index contributed by atoms with van der Waals surface area (Å²) in [6, 6.07) is 13.1. The van der Waals surface area contributed by atoms with Crippen LogP contribution in [0.3, 0.4) is 0 Å². The molecule has 0 unspecified atom stereocenters. The molecule has 0 bridgehead atoms. The topological polar surface area (TPSA) is 133 Å². The van der Waals surface area contributed by atoms with Crippen LogP contribution in [0, 0.1) is 0 Å². The van der Waals surface area contributed by atoms with Crippen LogP contribution in [-0.4, -0.2) is 66.7 Å². The molecule has 228 valence electrons. The zero-order valence-electron chi connectivity index (χ0n) is 23.8. The summed E-state index contributed by atoms with van der Waals surface area (Å²) >= 11 is 12.9. The highest BCUT2D eigenvalue weighted by Gasteiger charge is 2.41. The molecule has 0 atom stereocenters. The van der Waals surface area contributed by atoms with Gasteiger partial charge in [0, 0.05) is 48.4 Å². The van der Waals surface area contributed by atoms with Gasteiger partial charge in [-0.3, -0.25) is 38.6 Å². The standard InChI is InChI=1S/C30H28N4O6S4/c1-17(35)19-7-11-21(12-8-19)31-23(37)5-3-15-33-27(39)25(43-29(33)41)26-28(40)34(30(42)44-26)16-4-6-24(38)32-22-13-9-20(10-14-22)18(2)36/h7-14H,3-6,15-16H2,1-2H3,(H,31,37)(H,32,38). The molecule has 2 aromatic rings. The van der Waals surface area contributed by atoms with E-state index in [0.29, 0.717) is 44.0 Å². The summed E-state index contributed by atoms with van der Waals surface area (Å²) in [6.45, 7) is 3.34. The van der Waals surface area contributed by atoms with Crippen LogP contribution in [0.2, 0.25) is 0 Å². The highest BCUT2D eigenvalue weighted by molar-refractivity contribution is 8.29. The van der Waals surface area contributed by atoms with Crippen molar-refractivity contribution >= 4 is 103 Å². The van der Waals surface area contributed by atoms with Gasteiger partial charge in [0.25, 0.3) is 11.8 Å². The van der Waals surface area contributed by atoms with Crippen LogP contribution in [0.15, 0.2) is 58.3 Å². The van der Waals surface area contributed by atoms with Gasteiger partial charge in [-0.15, -0.1) is 0 Å². The van der Waals surface area contributed by atoms with Gasteiger partial charge in [0.05, 0.1) is 9.81 Å². The summed E-state index contributed by atoms with van der Waals surface area (Å²) in [5.41, 5.74) is 2.22. The Morgan fingerprint density at radius 1 is 0.636 bits per heavy atom. The van der Waals surface area contributed by atoms with E-state index in [1.165, 1.54) is 23.6 Å². The maximum Gasteiger partial charge on any atom is 0.267 e.